The minimum absolute atomic E-state index is 0.0719. The van der Waals surface area contributed by atoms with Crippen molar-refractivity contribution in [1.29, 1.82) is 0 Å². The first-order valence-corrected chi connectivity index (χ1v) is 8.61. The number of methoxy groups -OCH3 is 1. The molecular formula is C21H26N2O3. The van der Waals surface area contributed by atoms with Gasteiger partial charge >= 0.3 is 0 Å². The van der Waals surface area contributed by atoms with Crippen molar-refractivity contribution in [2.75, 3.05) is 23.9 Å². The normalized spacial score (nSPS) is 10.3. The number of hydrogen-bond donors (Lipinski definition) is 1. The molecular weight excluding hydrogens is 328 g/mol. The first kappa shape index (κ1) is 19.5. The summed E-state index contributed by atoms with van der Waals surface area (Å²) in [5.74, 6) is 0.525. The van der Waals surface area contributed by atoms with Crippen LogP contribution in [0.4, 0.5) is 11.4 Å². The molecule has 0 heterocycles. The van der Waals surface area contributed by atoms with Gasteiger partial charge in [-0.2, -0.15) is 0 Å². The fourth-order valence-electron chi connectivity index (χ4n) is 3.14. The van der Waals surface area contributed by atoms with Crippen molar-refractivity contribution in [1.82, 2.24) is 0 Å². The molecule has 0 spiro atoms. The van der Waals surface area contributed by atoms with Crippen molar-refractivity contribution >= 4 is 23.2 Å². The highest BCUT2D eigenvalue weighted by Gasteiger charge is 2.18. The van der Waals surface area contributed by atoms with Crippen LogP contribution in [0.3, 0.4) is 0 Å². The summed E-state index contributed by atoms with van der Waals surface area (Å²) in [6, 6.07) is 11.2. The molecule has 0 saturated carbocycles. The van der Waals surface area contributed by atoms with Gasteiger partial charge in [-0.3, -0.25) is 9.59 Å². The minimum Gasteiger partial charge on any atom is -0.497 e. The quantitative estimate of drug-likeness (QED) is 0.853. The summed E-state index contributed by atoms with van der Waals surface area (Å²) < 4.78 is 5.10. The van der Waals surface area contributed by atoms with E-state index < -0.39 is 0 Å². The van der Waals surface area contributed by atoms with Gasteiger partial charge in [0.25, 0.3) is 0 Å². The predicted octanol–water partition coefficient (Wildman–Crippen LogP) is 4.00. The van der Waals surface area contributed by atoms with Gasteiger partial charge in [0, 0.05) is 31.3 Å². The molecule has 0 bridgehead atoms. The Bertz CT molecular complexity index is 774. The van der Waals surface area contributed by atoms with E-state index in [4.69, 9.17) is 4.74 Å². The van der Waals surface area contributed by atoms with Crippen molar-refractivity contribution in [3.05, 3.63) is 53.1 Å². The standard InChI is InChI=1S/C21H26N2O3/c1-14-12-15(2)21(16(3)13-14)23(17(4)24)11-10-20(25)22-18-6-8-19(26-5)9-7-18/h6-9,12-13H,10-11H2,1-5H3,(H,22,25). The van der Waals surface area contributed by atoms with E-state index >= 15 is 0 Å². The first-order valence-electron chi connectivity index (χ1n) is 8.61. The maximum atomic E-state index is 12.3. The Morgan fingerprint density at radius 3 is 2.12 bits per heavy atom. The maximum absolute atomic E-state index is 12.3. The molecule has 5 heteroatoms. The van der Waals surface area contributed by atoms with Gasteiger partial charge in [-0.05, 0) is 56.2 Å². The third-order valence-corrected chi connectivity index (χ3v) is 4.22. The van der Waals surface area contributed by atoms with E-state index in [-0.39, 0.29) is 18.2 Å². The largest absolute Gasteiger partial charge is 0.497 e. The van der Waals surface area contributed by atoms with Crippen LogP contribution in [0.5, 0.6) is 5.75 Å². The van der Waals surface area contributed by atoms with Crippen LogP contribution in [0.1, 0.15) is 30.0 Å². The summed E-state index contributed by atoms with van der Waals surface area (Å²) >= 11 is 0. The molecule has 138 valence electrons. The van der Waals surface area contributed by atoms with Crippen LogP contribution >= 0.6 is 0 Å². The Balaban J connectivity index is 2.06. The first-order chi connectivity index (χ1) is 12.3. The van der Waals surface area contributed by atoms with Gasteiger partial charge in [-0.25, -0.2) is 0 Å². The third kappa shape index (κ3) is 4.85. The number of aryl methyl sites for hydroxylation is 3. The van der Waals surface area contributed by atoms with Crippen LogP contribution in [-0.2, 0) is 9.59 Å². The van der Waals surface area contributed by atoms with Gasteiger partial charge in [0.1, 0.15) is 5.75 Å². The molecule has 0 saturated heterocycles. The Morgan fingerprint density at radius 1 is 1.04 bits per heavy atom. The van der Waals surface area contributed by atoms with Gasteiger partial charge in [0.05, 0.1) is 7.11 Å². The van der Waals surface area contributed by atoms with E-state index in [0.717, 1.165) is 28.1 Å². The van der Waals surface area contributed by atoms with Crippen LogP contribution in [0.15, 0.2) is 36.4 Å². The molecule has 0 aliphatic heterocycles. The lowest BCUT2D eigenvalue weighted by Gasteiger charge is -2.25. The second-order valence-electron chi connectivity index (χ2n) is 6.44. The Hall–Kier alpha value is -2.82. The molecule has 26 heavy (non-hydrogen) atoms. The van der Waals surface area contributed by atoms with Crippen molar-refractivity contribution < 1.29 is 14.3 Å². The molecule has 0 unspecified atom stereocenters. The number of anilines is 2. The summed E-state index contributed by atoms with van der Waals surface area (Å²) in [5.41, 5.74) is 4.82. The maximum Gasteiger partial charge on any atom is 0.226 e. The van der Waals surface area contributed by atoms with Crippen LogP contribution in [0.25, 0.3) is 0 Å². The van der Waals surface area contributed by atoms with Crippen LogP contribution in [-0.4, -0.2) is 25.5 Å². The molecule has 0 fully saturated rings. The van der Waals surface area contributed by atoms with Gasteiger partial charge < -0.3 is 15.0 Å². The highest BCUT2D eigenvalue weighted by Crippen LogP contribution is 2.27. The second kappa shape index (κ2) is 8.52. The predicted molar refractivity (Wildman–Crippen MR) is 105 cm³/mol. The fourth-order valence-corrected chi connectivity index (χ4v) is 3.14. The van der Waals surface area contributed by atoms with E-state index in [1.165, 1.54) is 6.92 Å². The lowest BCUT2D eigenvalue weighted by atomic mass is 10.0. The molecule has 2 aromatic rings. The van der Waals surface area contributed by atoms with Gasteiger partial charge in [-0.15, -0.1) is 0 Å². The van der Waals surface area contributed by atoms with E-state index in [2.05, 4.69) is 17.4 Å². The Kier molecular flexibility index (Phi) is 6.39. The highest BCUT2D eigenvalue weighted by molar-refractivity contribution is 5.95. The van der Waals surface area contributed by atoms with Crippen molar-refractivity contribution in [3.63, 3.8) is 0 Å². The number of carbonyl (C=O) groups excluding carboxylic acids is 2. The van der Waals surface area contributed by atoms with Gasteiger partial charge in [-0.1, -0.05) is 17.7 Å². The van der Waals surface area contributed by atoms with Crippen molar-refractivity contribution in [2.45, 2.75) is 34.1 Å². The number of nitrogens with zero attached hydrogens (tertiary/aromatic N) is 1. The summed E-state index contributed by atoms with van der Waals surface area (Å²) in [6.45, 7) is 7.87. The smallest absolute Gasteiger partial charge is 0.226 e. The third-order valence-electron chi connectivity index (χ3n) is 4.22. The average molecular weight is 354 g/mol. The van der Waals surface area contributed by atoms with Gasteiger partial charge in [0.2, 0.25) is 11.8 Å². The number of benzene rings is 2. The summed E-state index contributed by atoms with van der Waals surface area (Å²) in [5, 5.41) is 2.84. The Morgan fingerprint density at radius 2 is 1.62 bits per heavy atom. The summed E-state index contributed by atoms with van der Waals surface area (Å²) in [7, 11) is 1.60. The topological polar surface area (TPSA) is 58.6 Å². The molecule has 2 rings (SSSR count). The Labute approximate surface area is 155 Å². The minimum atomic E-state index is -0.135. The average Bonchev–Trinajstić information content (AvgIpc) is 2.57. The van der Waals surface area contributed by atoms with E-state index in [1.807, 2.05) is 20.8 Å². The monoisotopic (exact) mass is 354 g/mol. The zero-order valence-corrected chi connectivity index (χ0v) is 16.1. The van der Waals surface area contributed by atoms with Crippen LogP contribution in [0.2, 0.25) is 0 Å². The molecule has 2 amide bonds. The second-order valence-corrected chi connectivity index (χ2v) is 6.44. The van der Waals surface area contributed by atoms with Crippen molar-refractivity contribution in [3.8, 4) is 5.75 Å². The summed E-state index contributed by atoms with van der Waals surface area (Å²) in [4.78, 5) is 26.1. The zero-order chi connectivity index (χ0) is 19.3. The zero-order valence-electron chi connectivity index (χ0n) is 16.1. The molecule has 1 N–H and O–H groups in total. The number of hydrogen-bond acceptors (Lipinski definition) is 3. The van der Waals surface area contributed by atoms with E-state index in [9.17, 15) is 9.59 Å². The van der Waals surface area contributed by atoms with E-state index in [1.54, 1.807) is 36.3 Å². The summed E-state index contributed by atoms with van der Waals surface area (Å²) in [6.07, 6.45) is 0.221. The lowest BCUT2D eigenvalue weighted by Crippen LogP contribution is -2.33. The molecule has 0 atom stereocenters. The number of amides is 2. The molecule has 2 aromatic carbocycles. The van der Waals surface area contributed by atoms with E-state index in [0.29, 0.717) is 12.2 Å². The molecule has 0 aliphatic carbocycles. The van der Waals surface area contributed by atoms with Crippen molar-refractivity contribution in [2.24, 2.45) is 0 Å². The van der Waals surface area contributed by atoms with Crippen LogP contribution < -0.4 is 15.0 Å². The lowest BCUT2D eigenvalue weighted by molar-refractivity contribution is -0.117. The highest BCUT2D eigenvalue weighted by atomic mass is 16.5. The molecule has 0 aliphatic rings. The number of nitrogens with one attached hydrogen (secondary N) is 1. The molecule has 0 aromatic heterocycles. The van der Waals surface area contributed by atoms with Crippen LogP contribution in [0, 0.1) is 20.8 Å². The number of rotatable bonds is 6. The molecule has 5 nitrogen and oxygen atoms in total. The number of carbonyl (C=O) groups is 2. The number of ether oxygens (including phenoxy) is 1. The fraction of sp³-hybridized carbons (Fsp3) is 0.333. The SMILES string of the molecule is COc1ccc(NC(=O)CCN(C(C)=O)c2c(C)cc(C)cc2C)cc1. The molecule has 0 radical (unpaired) electrons. The van der Waals surface area contributed by atoms with Gasteiger partial charge in [0.15, 0.2) is 0 Å².